The summed E-state index contributed by atoms with van der Waals surface area (Å²) in [5, 5.41) is 0. The van der Waals surface area contributed by atoms with Gasteiger partial charge in [-0.25, -0.2) is 0 Å². The Kier molecular flexibility index (Phi) is 5.70. The highest BCUT2D eigenvalue weighted by Crippen LogP contribution is 2.17. The Morgan fingerprint density at radius 1 is 1.09 bits per heavy atom. The van der Waals surface area contributed by atoms with Crippen LogP contribution in [0.1, 0.15) is 31.2 Å². The molecule has 0 radical (unpaired) electrons. The zero-order valence-corrected chi connectivity index (χ0v) is 13.5. The molecule has 122 valence electrons. The molecule has 2 aliphatic heterocycles. The fourth-order valence-corrected chi connectivity index (χ4v) is 3.47. The molecule has 0 bridgehead atoms. The summed E-state index contributed by atoms with van der Waals surface area (Å²) in [5.74, 6) is 0.998. The van der Waals surface area contributed by atoms with Crippen molar-refractivity contribution >= 4 is 0 Å². The third-order valence-corrected chi connectivity index (χ3v) is 4.74. The Morgan fingerprint density at radius 3 is 2.73 bits per heavy atom. The van der Waals surface area contributed by atoms with Gasteiger partial charge in [-0.05, 0) is 50.0 Å². The van der Waals surface area contributed by atoms with Crippen LogP contribution in [0.25, 0.3) is 0 Å². The number of ether oxygens (including phenoxy) is 1. The van der Waals surface area contributed by atoms with Crippen LogP contribution in [-0.2, 0) is 6.54 Å². The van der Waals surface area contributed by atoms with Gasteiger partial charge in [-0.15, -0.1) is 0 Å². The van der Waals surface area contributed by atoms with Crippen molar-refractivity contribution in [1.82, 2.24) is 9.80 Å². The summed E-state index contributed by atoms with van der Waals surface area (Å²) in [4.78, 5) is 4.94. The second kappa shape index (κ2) is 7.95. The Hall–Kier alpha value is -1.10. The summed E-state index contributed by atoms with van der Waals surface area (Å²) >= 11 is 0. The van der Waals surface area contributed by atoms with Crippen LogP contribution in [0.2, 0.25) is 0 Å². The predicted molar refractivity (Wildman–Crippen MR) is 90.1 cm³/mol. The van der Waals surface area contributed by atoms with E-state index in [1.165, 1.54) is 37.9 Å². The lowest BCUT2D eigenvalue weighted by Gasteiger charge is -2.26. The summed E-state index contributed by atoms with van der Waals surface area (Å²) < 4.78 is 5.95. The highest BCUT2D eigenvalue weighted by Gasteiger charge is 2.18. The van der Waals surface area contributed by atoms with Crippen molar-refractivity contribution in [3.05, 3.63) is 29.8 Å². The Bertz CT molecular complexity index is 459. The summed E-state index contributed by atoms with van der Waals surface area (Å²) in [6, 6.07) is 8.88. The van der Waals surface area contributed by atoms with Gasteiger partial charge in [0.1, 0.15) is 12.4 Å². The molecule has 1 aromatic rings. The van der Waals surface area contributed by atoms with Gasteiger partial charge in [0.05, 0.1) is 0 Å². The van der Waals surface area contributed by atoms with E-state index in [2.05, 4.69) is 34.1 Å². The van der Waals surface area contributed by atoms with Crippen molar-refractivity contribution < 1.29 is 4.74 Å². The van der Waals surface area contributed by atoms with Crippen LogP contribution in [0.4, 0.5) is 0 Å². The van der Waals surface area contributed by atoms with Gasteiger partial charge in [-0.3, -0.25) is 9.80 Å². The van der Waals surface area contributed by atoms with Gasteiger partial charge < -0.3 is 10.5 Å². The molecule has 2 N–H and O–H groups in total. The van der Waals surface area contributed by atoms with E-state index in [-0.39, 0.29) is 0 Å². The lowest BCUT2D eigenvalue weighted by molar-refractivity contribution is 0.183. The average Bonchev–Trinajstić information content (AvgIpc) is 2.94. The molecule has 1 unspecified atom stereocenters. The zero-order valence-electron chi connectivity index (χ0n) is 13.5. The maximum atomic E-state index is 5.97. The van der Waals surface area contributed by atoms with Crippen LogP contribution < -0.4 is 10.5 Å². The molecule has 4 nitrogen and oxygen atoms in total. The number of nitrogens with two attached hydrogens (primary N) is 1. The third kappa shape index (κ3) is 4.70. The SMILES string of the molecule is NC1CCN(Cc2cccc(OCCN3CCCCC3)c2)C1. The first kappa shape index (κ1) is 15.8. The van der Waals surface area contributed by atoms with E-state index >= 15 is 0 Å². The van der Waals surface area contributed by atoms with Crippen molar-refractivity contribution in [3.8, 4) is 5.75 Å². The summed E-state index contributed by atoms with van der Waals surface area (Å²) in [6.07, 6.45) is 5.19. The first-order valence-electron chi connectivity index (χ1n) is 8.71. The highest BCUT2D eigenvalue weighted by molar-refractivity contribution is 5.28. The molecule has 2 heterocycles. The van der Waals surface area contributed by atoms with Crippen LogP contribution >= 0.6 is 0 Å². The molecule has 1 aromatic carbocycles. The topological polar surface area (TPSA) is 41.7 Å². The average molecular weight is 303 g/mol. The van der Waals surface area contributed by atoms with Gasteiger partial charge in [0.15, 0.2) is 0 Å². The Morgan fingerprint density at radius 2 is 1.95 bits per heavy atom. The smallest absolute Gasteiger partial charge is 0.119 e. The van der Waals surface area contributed by atoms with Crippen LogP contribution in [-0.4, -0.2) is 55.2 Å². The van der Waals surface area contributed by atoms with Gasteiger partial charge in [0.2, 0.25) is 0 Å². The molecule has 4 heteroatoms. The number of piperidine rings is 1. The standard InChI is InChI=1S/C18H29N3O/c19-17-7-10-21(15-17)14-16-5-4-6-18(13-16)22-12-11-20-8-2-1-3-9-20/h4-6,13,17H,1-3,7-12,14-15,19H2. The second-order valence-electron chi connectivity index (χ2n) is 6.68. The van der Waals surface area contributed by atoms with E-state index in [1.54, 1.807) is 0 Å². The molecular formula is C18H29N3O. The van der Waals surface area contributed by atoms with E-state index in [0.717, 1.165) is 45.0 Å². The molecule has 0 saturated carbocycles. The van der Waals surface area contributed by atoms with Gasteiger partial charge >= 0.3 is 0 Å². The van der Waals surface area contributed by atoms with Crippen molar-refractivity contribution in [2.75, 3.05) is 39.3 Å². The predicted octanol–water partition coefficient (Wildman–Crippen LogP) is 2.08. The van der Waals surface area contributed by atoms with E-state index in [9.17, 15) is 0 Å². The molecule has 0 spiro atoms. The number of nitrogens with zero attached hydrogens (tertiary/aromatic N) is 2. The lowest BCUT2D eigenvalue weighted by Crippen LogP contribution is -2.33. The number of benzene rings is 1. The minimum absolute atomic E-state index is 0.351. The summed E-state index contributed by atoms with van der Waals surface area (Å²) in [5.41, 5.74) is 7.30. The first-order valence-corrected chi connectivity index (χ1v) is 8.71. The van der Waals surface area contributed by atoms with E-state index < -0.39 is 0 Å². The molecule has 2 aliphatic rings. The zero-order chi connectivity index (χ0) is 15.2. The molecule has 2 fully saturated rings. The van der Waals surface area contributed by atoms with Crippen molar-refractivity contribution in [3.63, 3.8) is 0 Å². The van der Waals surface area contributed by atoms with Gasteiger partial charge in [0, 0.05) is 32.2 Å². The van der Waals surface area contributed by atoms with Crippen molar-refractivity contribution in [2.24, 2.45) is 5.73 Å². The Labute approximate surface area is 134 Å². The summed E-state index contributed by atoms with van der Waals surface area (Å²) in [7, 11) is 0. The van der Waals surface area contributed by atoms with Crippen LogP contribution in [0.5, 0.6) is 5.75 Å². The minimum Gasteiger partial charge on any atom is -0.492 e. The van der Waals surface area contributed by atoms with E-state index in [0.29, 0.717) is 6.04 Å². The monoisotopic (exact) mass is 303 g/mol. The van der Waals surface area contributed by atoms with Gasteiger partial charge in [-0.1, -0.05) is 18.6 Å². The fraction of sp³-hybridized carbons (Fsp3) is 0.667. The van der Waals surface area contributed by atoms with Gasteiger partial charge in [-0.2, -0.15) is 0 Å². The van der Waals surface area contributed by atoms with Gasteiger partial charge in [0.25, 0.3) is 0 Å². The van der Waals surface area contributed by atoms with E-state index in [1.807, 2.05) is 0 Å². The maximum absolute atomic E-state index is 5.97. The molecule has 0 aliphatic carbocycles. The first-order chi connectivity index (χ1) is 10.8. The molecule has 2 saturated heterocycles. The minimum atomic E-state index is 0.351. The van der Waals surface area contributed by atoms with Crippen molar-refractivity contribution in [1.29, 1.82) is 0 Å². The molecule has 1 atom stereocenters. The molecule has 3 rings (SSSR count). The lowest BCUT2D eigenvalue weighted by atomic mass is 10.1. The molecular weight excluding hydrogens is 274 g/mol. The van der Waals surface area contributed by atoms with Crippen LogP contribution in [0, 0.1) is 0 Å². The highest BCUT2D eigenvalue weighted by atomic mass is 16.5. The van der Waals surface area contributed by atoms with Crippen LogP contribution in [0.3, 0.4) is 0 Å². The second-order valence-corrected chi connectivity index (χ2v) is 6.68. The largest absolute Gasteiger partial charge is 0.492 e. The number of hydrogen-bond acceptors (Lipinski definition) is 4. The number of likely N-dealkylation sites (tertiary alicyclic amines) is 2. The molecule has 22 heavy (non-hydrogen) atoms. The van der Waals surface area contributed by atoms with Crippen molar-refractivity contribution in [2.45, 2.75) is 38.3 Å². The molecule has 0 aromatic heterocycles. The molecule has 0 amide bonds. The van der Waals surface area contributed by atoms with Crippen LogP contribution in [0.15, 0.2) is 24.3 Å². The Balaban J connectivity index is 1.44. The fourth-order valence-electron chi connectivity index (χ4n) is 3.47. The summed E-state index contributed by atoms with van der Waals surface area (Å²) in [6.45, 7) is 7.42. The maximum Gasteiger partial charge on any atom is 0.119 e. The quantitative estimate of drug-likeness (QED) is 0.874. The van der Waals surface area contributed by atoms with E-state index in [4.69, 9.17) is 10.5 Å². The number of hydrogen-bond donors (Lipinski definition) is 1. The normalized spacial score (nSPS) is 23.8. The third-order valence-electron chi connectivity index (χ3n) is 4.74. The number of rotatable bonds is 6.